The van der Waals surface area contributed by atoms with Crippen molar-refractivity contribution in [2.45, 2.75) is 57.8 Å². The van der Waals surface area contributed by atoms with Gasteiger partial charge in [-0.05, 0) is 144 Å². The highest BCUT2D eigenvalue weighted by Crippen LogP contribution is 2.56. The van der Waals surface area contributed by atoms with Crippen LogP contribution >= 0.6 is 0 Å². The summed E-state index contributed by atoms with van der Waals surface area (Å²) in [5.41, 5.74) is 21.8. The summed E-state index contributed by atoms with van der Waals surface area (Å²) < 4.78 is 2.47. The van der Waals surface area contributed by atoms with Crippen LogP contribution in [0.2, 0.25) is 0 Å². The lowest BCUT2D eigenvalue weighted by molar-refractivity contribution is 0.590. The Kier molecular flexibility index (Phi) is 10.6. The van der Waals surface area contributed by atoms with Gasteiger partial charge in [-0.25, -0.2) is 0 Å². The number of aromatic nitrogens is 1. The van der Waals surface area contributed by atoms with Crippen molar-refractivity contribution in [3.05, 3.63) is 276 Å². The molecule has 71 heavy (non-hydrogen) atoms. The van der Waals surface area contributed by atoms with Gasteiger partial charge < -0.3 is 9.47 Å². The van der Waals surface area contributed by atoms with E-state index in [1.54, 1.807) is 0 Å². The van der Waals surface area contributed by atoms with E-state index < -0.39 is 5.41 Å². The van der Waals surface area contributed by atoms with Crippen molar-refractivity contribution in [3.63, 3.8) is 0 Å². The minimum Gasteiger partial charge on any atom is -0.311 e. The molecule has 10 aromatic carbocycles. The Morgan fingerprint density at radius 3 is 1.34 bits per heavy atom. The molecule has 0 saturated carbocycles. The quantitative estimate of drug-likeness (QED) is 0.147. The zero-order chi connectivity index (χ0) is 48.5. The Bertz CT molecular complexity index is 3620. The van der Waals surface area contributed by atoms with Crippen LogP contribution in [0.3, 0.4) is 0 Å². The van der Waals surface area contributed by atoms with Crippen molar-refractivity contribution in [3.8, 4) is 39.1 Å². The third-order valence-electron chi connectivity index (χ3n) is 15.0. The molecule has 0 N–H and O–H groups in total. The molecule has 0 atom stereocenters. The molecule has 2 nitrogen and oxygen atoms in total. The Hall–Kier alpha value is -8.20. The van der Waals surface area contributed by atoms with Crippen LogP contribution in [0.1, 0.15) is 74.9 Å². The van der Waals surface area contributed by atoms with Crippen LogP contribution in [0.4, 0.5) is 17.1 Å². The van der Waals surface area contributed by atoms with Crippen molar-refractivity contribution in [1.82, 2.24) is 4.57 Å². The van der Waals surface area contributed by atoms with Crippen LogP contribution in [0.5, 0.6) is 0 Å². The first-order chi connectivity index (χ1) is 34.5. The zero-order valence-corrected chi connectivity index (χ0v) is 41.5. The molecule has 2 heteroatoms. The van der Waals surface area contributed by atoms with Crippen LogP contribution < -0.4 is 4.90 Å². The fraction of sp³-hybridized carbons (Fsp3) is 0.130. The summed E-state index contributed by atoms with van der Waals surface area (Å²) >= 11 is 0. The molecule has 344 valence electrons. The van der Waals surface area contributed by atoms with Gasteiger partial charge in [0, 0.05) is 33.5 Å². The summed E-state index contributed by atoms with van der Waals surface area (Å²) in [7, 11) is 0. The molecule has 12 rings (SSSR count). The SMILES string of the molecule is CC(C)(C)c1ccc(N(c2ccc(-c3ccc(-c4ccc5c(c4)c4ccccc4n5-c4ccc5c(c4)C(c4ccccc4)(c4ccccc4)c4ccccc4-5)cc3)cc2)c2ccc(C(C)(C)C)cc2)cc1. The molecule has 11 aromatic rings. The van der Waals surface area contributed by atoms with Crippen LogP contribution in [0, 0.1) is 0 Å². The molecule has 0 bridgehead atoms. The molecule has 0 aliphatic heterocycles. The number of benzene rings is 10. The maximum atomic E-state index is 2.47. The Morgan fingerprint density at radius 2 is 0.775 bits per heavy atom. The van der Waals surface area contributed by atoms with Gasteiger partial charge >= 0.3 is 0 Å². The normalized spacial score (nSPS) is 13.0. The number of para-hydroxylation sites is 1. The highest BCUT2D eigenvalue weighted by atomic mass is 15.1. The molecule has 0 unspecified atom stereocenters. The monoisotopic (exact) mass is 914 g/mol. The van der Waals surface area contributed by atoms with Crippen LogP contribution in [0.25, 0.3) is 60.9 Å². The van der Waals surface area contributed by atoms with E-state index >= 15 is 0 Å². The maximum Gasteiger partial charge on any atom is 0.0714 e. The molecule has 1 aromatic heterocycles. The van der Waals surface area contributed by atoms with Gasteiger partial charge in [0.25, 0.3) is 0 Å². The topological polar surface area (TPSA) is 8.17 Å². The first-order valence-electron chi connectivity index (χ1n) is 25.1. The summed E-state index contributed by atoms with van der Waals surface area (Å²) in [6.45, 7) is 13.6. The van der Waals surface area contributed by atoms with Crippen molar-refractivity contribution in [2.24, 2.45) is 0 Å². The first kappa shape index (κ1) is 44.0. The fourth-order valence-electron chi connectivity index (χ4n) is 11.3. The molecule has 0 radical (unpaired) electrons. The van der Waals surface area contributed by atoms with Crippen molar-refractivity contribution >= 4 is 38.9 Å². The fourth-order valence-corrected chi connectivity index (χ4v) is 11.3. The predicted octanol–water partition coefficient (Wildman–Crippen LogP) is 18.5. The summed E-state index contributed by atoms with van der Waals surface area (Å²) in [5, 5.41) is 2.48. The average Bonchev–Trinajstić information content (AvgIpc) is 3.90. The van der Waals surface area contributed by atoms with Crippen molar-refractivity contribution < 1.29 is 0 Å². The Morgan fingerprint density at radius 1 is 0.338 bits per heavy atom. The number of rotatable bonds is 8. The molecule has 0 fully saturated rings. The number of hydrogen-bond acceptors (Lipinski definition) is 1. The second-order valence-corrected chi connectivity index (χ2v) is 21.4. The van der Waals surface area contributed by atoms with E-state index in [-0.39, 0.29) is 10.8 Å². The molecule has 0 spiro atoms. The highest BCUT2D eigenvalue weighted by Gasteiger charge is 2.46. The van der Waals surface area contributed by atoms with E-state index in [1.165, 1.54) is 88.6 Å². The molecule has 0 saturated heterocycles. The molecule has 1 aliphatic carbocycles. The van der Waals surface area contributed by atoms with Crippen molar-refractivity contribution in [1.29, 1.82) is 0 Å². The van der Waals surface area contributed by atoms with Gasteiger partial charge in [0.2, 0.25) is 0 Å². The molecule has 1 heterocycles. The molecule has 0 amide bonds. The lowest BCUT2D eigenvalue weighted by atomic mass is 9.67. The summed E-state index contributed by atoms with van der Waals surface area (Å²) in [5.74, 6) is 0. The third kappa shape index (κ3) is 7.49. The molecule has 1 aliphatic rings. The van der Waals surface area contributed by atoms with E-state index in [1.807, 2.05) is 0 Å². The van der Waals surface area contributed by atoms with Gasteiger partial charge in [-0.2, -0.15) is 0 Å². The largest absolute Gasteiger partial charge is 0.311 e. The standard InChI is InChI=1S/C69H58N2/c1-67(2,3)51-32-38-56(39-33-51)70(57-40-34-52(35-41-57)68(4,5)6)55-36-29-48(30-37-55)47-25-27-49(28-26-47)50-31-44-66-62(45-50)61-22-14-16-24-65(61)71(66)58-42-43-60-59-21-13-15-23-63(59)69(64(60)46-58,53-17-9-7-10-18-53)54-19-11-8-12-20-54/h7-46H,1-6H3. The lowest BCUT2D eigenvalue weighted by Gasteiger charge is -2.34. The minimum atomic E-state index is -0.469. The number of fused-ring (bicyclic) bond motifs is 6. The summed E-state index contributed by atoms with van der Waals surface area (Å²) in [6, 6.07) is 90.3. The number of nitrogens with zero attached hydrogens (tertiary/aromatic N) is 2. The zero-order valence-electron chi connectivity index (χ0n) is 41.5. The van der Waals surface area contributed by atoms with E-state index in [9.17, 15) is 0 Å². The van der Waals surface area contributed by atoms with Gasteiger partial charge in [-0.15, -0.1) is 0 Å². The smallest absolute Gasteiger partial charge is 0.0714 e. The lowest BCUT2D eigenvalue weighted by Crippen LogP contribution is -2.28. The Balaban J connectivity index is 0.891. The molecular formula is C69H58N2. The first-order valence-corrected chi connectivity index (χ1v) is 25.1. The van der Waals surface area contributed by atoms with Gasteiger partial charge in [0.15, 0.2) is 0 Å². The van der Waals surface area contributed by atoms with Gasteiger partial charge in [-0.3, -0.25) is 0 Å². The second kappa shape index (κ2) is 17.0. The van der Waals surface area contributed by atoms with E-state index in [2.05, 4.69) is 294 Å². The highest BCUT2D eigenvalue weighted by molar-refractivity contribution is 6.10. The second-order valence-electron chi connectivity index (χ2n) is 21.4. The van der Waals surface area contributed by atoms with E-state index in [0.29, 0.717) is 0 Å². The van der Waals surface area contributed by atoms with Crippen molar-refractivity contribution in [2.75, 3.05) is 4.90 Å². The Labute approximate surface area is 419 Å². The van der Waals surface area contributed by atoms with Gasteiger partial charge in [0.05, 0.1) is 16.4 Å². The van der Waals surface area contributed by atoms with E-state index in [4.69, 9.17) is 0 Å². The van der Waals surface area contributed by atoms with Gasteiger partial charge in [-0.1, -0.05) is 217 Å². The van der Waals surface area contributed by atoms with Crippen LogP contribution in [0.15, 0.2) is 243 Å². The van der Waals surface area contributed by atoms with E-state index in [0.717, 1.165) is 22.7 Å². The average molecular weight is 915 g/mol. The molecular weight excluding hydrogens is 857 g/mol. The number of hydrogen-bond donors (Lipinski definition) is 0. The predicted molar refractivity (Wildman–Crippen MR) is 301 cm³/mol. The van der Waals surface area contributed by atoms with Crippen LogP contribution in [-0.2, 0) is 16.2 Å². The summed E-state index contributed by atoms with van der Waals surface area (Å²) in [6.07, 6.45) is 0. The maximum absolute atomic E-state index is 2.47. The number of anilines is 3. The summed E-state index contributed by atoms with van der Waals surface area (Å²) in [4.78, 5) is 2.37. The van der Waals surface area contributed by atoms with Crippen LogP contribution in [-0.4, -0.2) is 4.57 Å². The van der Waals surface area contributed by atoms with Gasteiger partial charge in [0.1, 0.15) is 0 Å². The third-order valence-corrected chi connectivity index (χ3v) is 15.0. The minimum absolute atomic E-state index is 0.0841.